The van der Waals surface area contributed by atoms with Crippen LogP contribution in [0.2, 0.25) is 0 Å². The third-order valence-electron chi connectivity index (χ3n) is 2.87. The van der Waals surface area contributed by atoms with Gasteiger partial charge >= 0.3 is 0 Å². The summed E-state index contributed by atoms with van der Waals surface area (Å²) in [4.78, 5) is 0.152. The number of hydrogen-bond acceptors (Lipinski definition) is 3. The second-order valence-corrected chi connectivity index (χ2v) is 6.12. The minimum atomic E-state index is -3.71. The average molecular weight is 286 g/mol. The third-order valence-corrected chi connectivity index (χ3v) is 4.31. The summed E-state index contributed by atoms with van der Waals surface area (Å²) in [5, 5.41) is 9.16. The van der Waals surface area contributed by atoms with Crippen molar-refractivity contribution in [2.24, 2.45) is 0 Å². The van der Waals surface area contributed by atoms with Crippen molar-refractivity contribution in [3.63, 3.8) is 0 Å². The number of aryl methyl sites for hydroxylation is 1. The highest BCUT2D eigenvalue weighted by Gasteiger charge is 2.20. The van der Waals surface area contributed by atoms with E-state index in [9.17, 15) is 8.42 Å². The molecular weight excluding hydrogens is 272 g/mol. The molecule has 1 N–H and O–H groups in total. The molecule has 0 bridgehead atoms. The van der Waals surface area contributed by atoms with E-state index in [-0.39, 0.29) is 4.90 Å². The normalized spacial score (nSPS) is 12.6. The number of benzene rings is 2. The highest BCUT2D eigenvalue weighted by atomic mass is 32.2. The Balaban J connectivity index is 2.28. The maximum atomic E-state index is 12.2. The van der Waals surface area contributed by atoms with Crippen LogP contribution in [0.3, 0.4) is 0 Å². The molecule has 102 valence electrons. The van der Waals surface area contributed by atoms with Gasteiger partial charge < -0.3 is 0 Å². The van der Waals surface area contributed by atoms with Crippen molar-refractivity contribution in [1.29, 1.82) is 5.26 Å². The van der Waals surface area contributed by atoms with Gasteiger partial charge in [-0.25, -0.2) is 8.42 Å². The molecule has 2 aromatic carbocycles. The van der Waals surface area contributed by atoms with Crippen molar-refractivity contribution in [3.05, 3.63) is 65.7 Å². The third kappa shape index (κ3) is 3.23. The van der Waals surface area contributed by atoms with E-state index in [2.05, 4.69) is 4.72 Å². The monoisotopic (exact) mass is 286 g/mol. The lowest BCUT2D eigenvalue weighted by atomic mass is 10.1. The molecule has 0 unspecified atom stereocenters. The van der Waals surface area contributed by atoms with Crippen LogP contribution in [0.5, 0.6) is 0 Å². The highest BCUT2D eigenvalue weighted by Crippen LogP contribution is 2.17. The SMILES string of the molecule is Cc1ccc(S(=O)(=O)N[C@H](C#N)c2ccccc2)cc1. The summed E-state index contributed by atoms with van der Waals surface area (Å²) in [7, 11) is -3.71. The Morgan fingerprint density at radius 3 is 2.20 bits per heavy atom. The summed E-state index contributed by atoms with van der Waals surface area (Å²) < 4.78 is 26.9. The summed E-state index contributed by atoms with van der Waals surface area (Å²) in [5.74, 6) is 0. The molecule has 0 fully saturated rings. The van der Waals surface area contributed by atoms with Crippen LogP contribution in [0, 0.1) is 18.3 Å². The van der Waals surface area contributed by atoms with Crippen molar-refractivity contribution < 1.29 is 8.42 Å². The zero-order valence-corrected chi connectivity index (χ0v) is 11.8. The van der Waals surface area contributed by atoms with Gasteiger partial charge in [0.1, 0.15) is 6.04 Å². The molecule has 0 radical (unpaired) electrons. The summed E-state index contributed by atoms with van der Waals surface area (Å²) in [6.07, 6.45) is 0. The molecule has 2 aromatic rings. The first-order chi connectivity index (χ1) is 9.53. The van der Waals surface area contributed by atoms with Gasteiger partial charge in [0.25, 0.3) is 0 Å². The smallest absolute Gasteiger partial charge is 0.207 e. The summed E-state index contributed by atoms with van der Waals surface area (Å²) >= 11 is 0. The van der Waals surface area contributed by atoms with Gasteiger partial charge in [-0.15, -0.1) is 0 Å². The van der Waals surface area contributed by atoms with Crippen LogP contribution in [-0.2, 0) is 10.0 Å². The number of rotatable bonds is 4. The lowest BCUT2D eigenvalue weighted by Gasteiger charge is -2.12. The van der Waals surface area contributed by atoms with Gasteiger partial charge in [-0.3, -0.25) is 0 Å². The minimum absolute atomic E-state index is 0.152. The predicted octanol–water partition coefficient (Wildman–Crippen LogP) is 2.54. The molecule has 0 aliphatic rings. The lowest BCUT2D eigenvalue weighted by molar-refractivity contribution is 0.575. The van der Waals surface area contributed by atoms with Gasteiger partial charge in [-0.2, -0.15) is 9.98 Å². The molecule has 5 heteroatoms. The van der Waals surface area contributed by atoms with Crippen LogP contribution in [-0.4, -0.2) is 8.42 Å². The first-order valence-corrected chi connectivity index (χ1v) is 7.55. The molecule has 20 heavy (non-hydrogen) atoms. The van der Waals surface area contributed by atoms with E-state index in [1.165, 1.54) is 12.1 Å². The van der Waals surface area contributed by atoms with Crippen molar-refractivity contribution in [1.82, 2.24) is 4.72 Å². The van der Waals surface area contributed by atoms with Crippen LogP contribution in [0.1, 0.15) is 17.2 Å². The fourth-order valence-corrected chi connectivity index (χ4v) is 2.88. The molecule has 2 rings (SSSR count). The van der Waals surface area contributed by atoms with E-state index >= 15 is 0 Å². The maximum Gasteiger partial charge on any atom is 0.241 e. The van der Waals surface area contributed by atoms with E-state index in [0.29, 0.717) is 5.56 Å². The number of nitrogens with one attached hydrogen (secondary N) is 1. The lowest BCUT2D eigenvalue weighted by Crippen LogP contribution is -2.27. The van der Waals surface area contributed by atoms with E-state index in [1.807, 2.05) is 19.1 Å². The quantitative estimate of drug-likeness (QED) is 0.939. The summed E-state index contributed by atoms with van der Waals surface area (Å²) in [6, 6.07) is 16.3. The highest BCUT2D eigenvalue weighted by molar-refractivity contribution is 7.89. The van der Waals surface area contributed by atoms with E-state index in [1.54, 1.807) is 36.4 Å². The molecule has 0 spiro atoms. The molecule has 0 saturated carbocycles. The minimum Gasteiger partial charge on any atom is -0.207 e. The molecule has 0 heterocycles. The van der Waals surface area contributed by atoms with Gasteiger partial charge in [-0.05, 0) is 24.6 Å². The second kappa shape index (κ2) is 5.87. The number of hydrogen-bond donors (Lipinski definition) is 1. The first kappa shape index (κ1) is 14.3. The van der Waals surface area contributed by atoms with Crippen molar-refractivity contribution in [2.75, 3.05) is 0 Å². The Morgan fingerprint density at radius 2 is 1.65 bits per heavy atom. The zero-order chi connectivity index (χ0) is 14.6. The van der Waals surface area contributed by atoms with Gasteiger partial charge in [-0.1, -0.05) is 48.0 Å². The Kier molecular flexibility index (Phi) is 4.18. The molecule has 4 nitrogen and oxygen atoms in total. The summed E-state index contributed by atoms with van der Waals surface area (Å²) in [5.41, 5.74) is 1.59. The Bertz CT molecular complexity index is 717. The van der Waals surface area contributed by atoms with E-state index in [4.69, 9.17) is 5.26 Å². The molecule has 1 atom stereocenters. The van der Waals surface area contributed by atoms with Gasteiger partial charge in [0, 0.05) is 0 Å². The van der Waals surface area contributed by atoms with Crippen molar-refractivity contribution >= 4 is 10.0 Å². The fourth-order valence-electron chi connectivity index (χ4n) is 1.76. The molecule has 0 aliphatic carbocycles. The largest absolute Gasteiger partial charge is 0.241 e. The Hall–Kier alpha value is -2.16. The van der Waals surface area contributed by atoms with Crippen molar-refractivity contribution in [2.45, 2.75) is 17.9 Å². The van der Waals surface area contributed by atoms with Crippen LogP contribution in [0.15, 0.2) is 59.5 Å². The summed E-state index contributed by atoms with van der Waals surface area (Å²) in [6.45, 7) is 1.88. The Morgan fingerprint density at radius 1 is 1.05 bits per heavy atom. The predicted molar refractivity (Wildman–Crippen MR) is 76.3 cm³/mol. The van der Waals surface area contributed by atoms with E-state index < -0.39 is 16.1 Å². The topological polar surface area (TPSA) is 70.0 Å². The maximum absolute atomic E-state index is 12.2. The molecular formula is C15H14N2O2S. The van der Waals surface area contributed by atoms with Crippen molar-refractivity contribution in [3.8, 4) is 6.07 Å². The van der Waals surface area contributed by atoms with Crippen LogP contribution >= 0.6 is 0 Å². The molecule has 0 aliphatic heterocycles. The van der Waals surface area contributed by atoms with Gasteiger partial charge in [0.15, 0.2) is 0 Å². The fraction of sp³-hybridized carbons (Fsp3) is 0.133. The number of nitriles is 1. The second-order valence-electron chi connectivity index (χ2n) is 4.41. The van der Waals surface area contributed by atoms with Crippen LogP contribution in [0.4, 0.5) is 0 Å². The number of sulfonamides is 1. The van der Waals surface area contributed by atoms with Crippen LogP contribution < -0.4 is 4.72 Å². The first-order valence-electron chi connectivity index (χ1n) is 6.06. The standard InChI is InChI=1S/C15H14N2O2S/c1-12-7-9-14(10-8-12)20(18,19)17-15(11-16)13-5-3-2-4-6-13/h2-10,15,17H,1H3/t15-/m1/s1. The molecule has 0 aromatic heterocycles. The molecule has 0 saturated heterocycles. The number of nitrogens with zero attached hydrogens (tertiary/aromatic N) is 1. The van der Waals surface area contributed by atoms with Gasteiger partial charge in [0.2, 0.25) is 10.0 Å². The molecule has 0 amide bonds. The average Bonchev–Trinajstić information content (AvgIpc) is 2.46. The Labute approximate surface area is 118 Å². The zero-order valence-electron chi connectivity index (χ0n) is 10.9. The van der Waals surface area contributed by atoms with Crippen LogP contribution in [0.25, 0.3) is 0 Å². The van der Waals surface area contributed by atoms with Gasteiger partial charge in [0.05, 0.1) is 11.0 Å². The van der Waals surface area contributed by atoms with E-state index in [0.717, 1.165) is 5.56 Å².